The van der Waals surface area contributed by atoms with E-state index < -0.39 is 0 Å². The molecule has 0 N–H and O–H groups in total. The molecule has 0 aliphatic carbocycles. The number of methoxy groups -OCH3 is 1. The minimum absolute atomic E-state index is 0.0788. The van der Waals surface area contributed by atoms with Crippen LogP contribution in [0.25, 0.3) is 6.08 Å². The second-order valence-corrected chi connectivity index (χ2v) is 6.79. The molecule has 1 aromatic rings. The van der Waals surface area contributed by atoms with Gasteiger partial charge in [0.25, 0.3) is 5.91 Å². The Morgan fingerprint density at radius 1 is 1.36 bits per heavy atom. The summed E-state index contributed by atoms with van der Waals surface area (Å²) in [5, 5.41) is 0. The highest BCUT2D eigenvalue weighted by Gasteiger charge is 2.21. The maximum absolute atomic E-state index is 12.0. The highest BCUT2D eigenvalue weighted by atomic mass is 32.2. The topological polar surface area (TPSA) is 48.0 Å². The first-order valence-electron chi connectivity index (χ1n) is 7.83. The van der Waals surface area contributed by atoms with Gasteiger partial charge in [-0.1, -0.05) is 54.3 Å². The van der Waals surface area contributed by atoms with Crippen molar-refractivity contribution in [1.29, 1.82) is 0 Å². The summed E-state index contributed by atoms with van der Waals surface area (Å²) in [6, 6.07) is 7.62. The highest BCUT2D eigenvalue weighted by molar-refractivity contribution is 8.23. The van der Waals surface area contributed by atoms with E-state index in [9.17, 15) is 4.79 Å². The van der Waals surface area contributed by atoms with E-state index in [0.29, 0.717) is 24.1 Å². The Kier molecular flexibility index (Phi) is 8.68. The lowest BCUT2D eigenvalue weighted by atomic mass is 10.2. The van der Waals surface area contributed by atoms with E-state index in [4.69, 9.17) is 26.4 Å². The van der Waals surface area contributed by atoms with Crippen LogP contribution in [-0.4, -0.2) is 54.5 Å². The largest absolute Gasteiger partial charge is 0.468 e. The van der Waals surface area contributed by atoms with Crippen molar-refractivity contribution in [3.05, 3.63) is 48.1 Å². The van der Waals surface area contributed by atoms with Crippen molar-refractivity contribution in [3.63, 3.8) is 0 Å². The molecule has 25 heavy (non-hydrogen) atoms. The van der Waals surface area contributed by atoms with Crippen LogP contribution in [0, 0.1) is 0 Å². The summed E-state index contributed by atoms with van der Waals surface area (Å²) in [7, 11) is 1.63. The van der Waals surface area contributed by atoms with E-state index in [1.54, 1.807) is 18.1 Å². The van der Waals surface area contributed by atoms with Gasteiger partial charge in [-0.25, -0.2) is 0 Å². The molecular formula is C18H21NO4S2. The Morgan fingerprint density at radius 2 is 2.24 bits per heavy atom. The Hall–Kier alpha value is -1.67. The molecule has 5 nitrogen and oxygen atoms in total. The number of benzene rings is 1. The molecule has 0 radical (unpaired) electrons. The Labute approximate surface area is 157 Å². The Bertz CT molecular complexity index is 646. The summed E-state index contributed by atoms with van der Waals surface area (Å²) < 4.78 is 16.3. The molecule has 1 heterocycles. The minimum atomic E-state index is -0.0788. The number of amides is 1. The summed E-state index contributed by atoms with van der Waals surface area (Å²) >= 11 is 6.67. The van der Waals surface area contributed by atoms with Gasteiger partial charge in [-0.3, -0.25) is 9.69 Å². The third-order valence-corrected chi connectivity index (χ3v) is 4.69. The number of rotatable bonds is 9. The molecule has 0 saturated carbocycles. The lowest BCUT2D eigenvalue weighted by Gasteiger charge is -2.10. The lowest BCUT2D eigenvalue weighted by Crippen LogP contribution is -2.28. The van der Waals surface area contributed by atoms with Crippen LogP contribution in [-0.2, 0) is 14.3 Å². The third-order valence-electron chi connectivity index (χ3n) is 3.26. The monoisotopic (exact) mass is 379 g/mol. The molecule has 1 saturated heterocycles. The van der Waals surface area contributed by atoms with Gasteiger partial charge in [-0.15, -0.1) is 0 Å². The molecule has 1 fully saturated rings. The van der Waals surface area contributed by atoms with Gasteiger partial charge in [0.15, 0.2) is 6.79 Å². The predicted octanol–water partition coefficient (Wildman–Crippen LogP) is 3.12. The molecule has 0 unspecified atom stereocenters. The van der Waals surface area contributed by atoms with Gasteiger partial charge < -0.3 is 14.2 Å². The fraction of sp³-hybridized carbons (Fsp3) is 0.333. The van der Waals surface area contributed by atoms with Gasteiger partial charge in [0.1, 0.15) is 10.1 Å². The number of hydrogen-bond donors (Lipinski definition) is 0. The van der Waals surface area contributed by atoms with Crippen molar-refractivity contribution in [3.8, 4) is 5.75 Å². The van der Waals surface area contributed by atoms with Crippen LogP contribution >= 0.6 is 24.0 Å². The summed E-state index contributed by atoms with van der Waals surface area (Å²) in [6.07, 6.45) is 6.96. The van der Waals surface area contributed by atoms with E-state index >= 15 is 0 Å². The average molecular weight is 380 g/mol. The number of thioether (sulfide) groups is 1. The Morgan fingerprint density at radius 3 is 3.00 bits per heavy atom. The molecule has 1 aliphatic rings. The Balaban J connectivity index is 1.80. The molecule has 0 aromatic heterocycles. The predicted molar refractivity (Wildman–Crippen MR) is 105 cm³/mol. The van der Waals surface area contributed by atoms with Gasteiger partial charge in [0.2, 0.25) is 0 Å². The van der Waals surface area contributed by atoms with Crippen LogP contribution in [0.3, 0.4) is 0 Å². The molecular weight excluding hydrogens is 358 g/mol. The minimum Gasteiger partial charge on any atom is -0.468 e. The van der Waals surface area contributed by atoms with E-state index in [1.807, 2.05) is 36.4 Å². The van der Waals surface area contributed by atoms with E-state index in [0.717, 1.165) is 17.1 Å². The zero-order chi connectivity index (χ0) is 17.9. The van der Waals surface area contributed by atoms with Crippen LogP contribution in [0.4, 0.5) is 0 Å². The van der Waals surface area contributed by atoms with Crippen LogP contribution in [0.1, 0.15) is 5.56 Å². The van der Waals surface area contributed by atoms with Gasteiger partial charge in [-0.05, 0) is 17.7 Å². The standard InChI is InChI=1S/C18H21NO4S2/c1-21-10-11-22-14-23-16-7-4-6-15(13-16)5-2-3-8-17(20)19-9-12-25-18(19)24/h2-8,13H,9-12,14H2,1H3/b5-2+,8-3+. The number of nitrogens with zero attached hydrogens (tertiary/aromatic N) is 1. The van der Waals surface area contributed by atoms with Gasteiger partial charge in [-0.2, -0.15) is 0 Å². The SMILES string of the molecule is COCCOCOc1cccc(/C=C/C=C/C(=O)N2CCSC2=S)c1. The summed E-state index contributed by atoms with van der Waals surface area (Å²) in [5.74, 6) is 1.51. The van der Waals surface area contributed by atoms with Crippen molar-refractivity contribution in [2.45, 2.75) is 0 Å². The molecule has 1 aliphatic heterocycles. The smallest absolute Gasteiger partial charge is 0.252 e. The second kappa shape index (κ2) is 11.0. The molecule has 1 amide bonds. The number of ether oxygens (including phenoxy) is 3. The van der Waals surface area contributed by atoms with Crippen LogP contribution in [0.5, 0.6) is 5.75 Å². The number of thiocarbonyl (C=S) groups is 1. The van der Waals surface area contributed by atoms with E-state index in [-0.39, 0.29) is 12.7 Å². The molecule has 0 spiro atoms. The maximum Gasteiger partial charge on any atom is 0.252 e. The first-order chi connectivity index (χ1) is 12.2. The summed E-state index contributed by atoms with van der Waals surface area (Å²) in [6.45, 7) is 1.90. The van der Waals surface area contributed by atoms with Crippen molar-refractivity contribution < 1.29 is 19.0 Å². The number of hydrogen-bond acceptors (Lipinski definition) is 6. The van der Waals surface area contributed by atoms with Crippen molar-refractivity contribution >= 4 is 40.3 Å². The van der Waals surface area contributed by atoms with Crippen molar-refractivity contribution in [1.82, 2.24) is 4.90 Å². The first kappa shape index (κ1) is 19.7. The second-order valence-electron chi connectivity index (χ2n) is 5.06. The van der Waals surface area contributed by atoms with Gasteiger partial charge in [0.05, 0.1) is 13.2 Å². The van der Waals surface area contributed by atoms with Crippen LogP contribution in [0.2, 0.25) is 0 Å². The lowest BCUT2D eigenvalue weighted by molar-refractivity contribution is -0.121. The third kappa shape index (κ3) is 6.99. The summed E-state index contributed by atoms with van der Waals surface area (Å²) in [4.78, 5) is 13.6. The number of allylic oxidation sites excluding steroid dienone is 2. The first-order valence-corrected chi connectivity index (χ1v) is 9.22. The molecule has 2 rings (SSSR count). The summed E-state index contributed by atoms with van der Waals surface area (Å²) in [5.41, 5.74) is 0.971. The van der Waals surface area contributed by atoms with E-state index in [1.165, 1.54) is 17.8 Å². The molecule has 7 heteroatoms. The molecule has 0 atom stereocenters. The number of carbonyl (C=O) groups is 1. The zero-order valence-corrected chi connectivity index (χ0v) is 15.7. The van der Waals surface area contributed by atoms with Crippen LogP contribution < -0.4 is 4.74 Å². The fourth-order valence-electron chi connectivity index (χ4n) is 2.01. The molecule has 1 aromatic carbocycles. The number of carbonyl (C=O) groups excluding carboxylic acids is 1. The zero-order valence-electron chi connectivity index (χ0n) is 14.1. The highest BCUT2D eigenvalue weighted by Crippen LogP contribution is 2.18. The quantitative estimate of drug-likeness (QED) is 0.216. The van der Waals surface area contributed by atoms with Crippen molar-refractivity contribution in [2.24, 2.45) is 0 Å². The van der Waals surface area contributed by atoms with Crippen molar-refractivity contribution in [2.75, 3.05) is 39.4 Å². The maximum atomic E-state index is 12.0. The molecule has 134 valence electrons. The molecule has 0 bridgehead atoms. The van der Waals surface area contributed by atoms with E-state index in [2.05, 4.69) is 0 Å². The normalized spacial score (nSPS) is 14.8. The van der Waals surface area contributed by atoms with Gasteiger partial charge >= 0.3 is 0 Å². The van der Waals surface area contributed by atoms with Gasteiger partial charge in [0, 0.05) is 25.5 Å². The van der Waals surface area contributed by atoms with Crippen LogP contribution in [0.15, 0.2) is 42.5 Å². The average Bonchev–Trinajstić information content (AvgIpc) is 3.05. The fourth-order valence-corrected chi connectivity index (χ4v) is 3.22.